The molecule has 2 amide bonds. The van der Waals surface area contributed by atoms with E-state index in [0.717, 1.165) is 12.8 Å². The first-order chi connectivity index (χ1) is 12.1. The van der Waals surface area contributed by atoms with Gasteiger partial charge >= 0.3 is 11.8 Å². The number of likely N-dealkylation sites (tertiary alicyclic amines) is 1. The average molecular weight is 337 g/mol. The summed E-state index contributed by atoms with van der Waals surface area (Å²) in [4.78, 5) is 27.9. The summed E-state index contributed by atoms with van der Waals surface area (Å²) in [5, 5.41) is 13.7. The van der Waals surface area contributed by atoms with Crippen molar-refractivity contribution in [3.8, 4) is 0 Å². The van der Waals surface area contributed by atoms with Crippen LogP contribution >= 0.6 is 0 Å². The number of carbonyl (C=O) groups excluding carboxylic acids is 2. The Balaban J connectivity index is 1.85. The molecule has 0 radical (unpaired) electrons. The number of hydrogen-bond acceptors (Lipinski definition) is 4. The third kappa shape index (κ3) is 2.33. The van der Waals surface area contributed by atoms with Crippen molar-refractivity contribution in [3.63, 3.8) is 0 Å². The van der Waals surface area contributed by atoms with Gasteiger partial charge in [-0.15, -0.1) is 0 Å². The van der Waals surface area contributed by atoms with Gasteiger partial charge in [0.15, 0.2) is 0 Å². The van der Waals surface area contributed by atoms with Gasteiger partial charge in [-0.05, 0) is 37.1 Å². The first-order valence-electron chi connectivity index (χ1n) is 8.40. The van der Waals surface area contributed by atoms with Crippen LogP contribution in [0.25, 0.3) is 0 Å². The molecule has 4 rings (SSSR count). The van der Waals surface area contributed by atoms with Gasteiger partial charge < -0.3 is 5.11 Å². The van der Waals surface area contributed by atoms with Gasteiger partial charge in [-0.25, -0.2) is 10.0 Å². The highest BCUT2D eigenvalue weighted by molar-refractivity contribution is 6.28. The van der Waals surface area contributed by atoms with Crippen LogP contribution in [0.4, 0.5) is 11.4 Å². The highest BCUT2D eigenvalue weighted by Crippen LogP contribution is 2.36. The number of benzene rings is 2. The van der Waals surface area contributed by atoms with Crippen LogP contribution in [0.3, 0.4) is 0 Å². The fraction of sp³-hybridized carbons (Fsp3) is 0.263. The van der Waals surface area contributed by atoms with Gasteiger partial charge in [-0.3, -0.25) is 14.5 Å². The van der Waals surface area contributed by atoms with Crippen LogP contribution in [0, 0.1) is 0 Å². The maximum Gasteiger partial charge on any atom is 0.304 e. The smallest absolute Gasteiger partial charge is 0.304 e. The fourth-order valence-corrected chi connectivity index (χ4v) is 3.48. The molecule has 0 bridgehead atoms. The standard InChI is InChI=1S/C19H19N3O3/c23-17-19(25,20-13-7-8-14-20)18(24)22(16-11-5-2-6-12-16)21(17)15-9-3-1-4-10-15/h1-6,9-12,25H,7-8,13-14H2. The lowest BCUT2D eigenvalue weighted by molar-refractivity contribution is -0.163. The summed E-state index contributed by atoms with van der Waals surface area (Å²) < 4.78 is 0. The SMILES string of the molecule is O=C1N(c2ccccc2)N(c2ccccc2)C(=O)C1(O)N1CCCC1. The normalized spacial score (nSPS) is 20.5. The largest absolute Gasteiger partial charge is 0.360 e. The summed E-state index contributed by atoms with van der Waals surface area (Å²) in [6.45, 7) is 1.05. The Bertz CT molecular complexity index is 731. The van der Waals surface area contributed by atoms with Crippen molar-refractivity contribution in [2.24, 2.45) is 0 Å². The summed E-state index contributed by atoms with van der Waals surface area (Å²) in [6.07, 6.45) is 1.72. The van der Waals surface area contributed by atoms with Crippen molar-refractivity contribution in [3.05, 3.63) is 60.7 Å². The highest BCUT2D eigenvalue weighted by Gasteiger charge is 2.62. The van der Waals surface area contributed by atoms with E-state index in [-0.39, 0.29) is 0 Å². The molecule has 0 aromatic heterocycles. The first kappa shape index (κ1) is 15.8. The Morgan fingerprint density at radius 1 is 0.720 bits per heavy atom. The van der Waals surface area contributed by atoms with Crippen molar-refractivity contribution in [2.45, 2.75) is 18.6 Å². The number of hydrazine groups is 1. The van der Waals surface area contributed by atoms with Crippen LogP contribution in [0.1, 0.15) is 12.8 Å². The fourth-order valence-electron chi connectivity index (χ4n) is 3.48. The quantitative estimate of drug-likeness (QED) is 0.867. The molecular weight excluding hydrogens is 318 g/mol. The molecule has 2 aromatic rings. The van der Waals surface area contributed by atoms with Crippen LogP contribution < -0.4 is 10.0 Å². The second kappa shape index (κ2) is 5.98. The Morgan fingerprint density at radius 3 is 1.52 bits per heavy atom. The van der Waals surface area contributed by atoms with E-state index >= 15 is 0 Å². The number of anilines is 2. The number of nitrogens with zero attached hydrogens (tertiary/aromatic N) is 3. The molecule has 0 spiro atoms. The molecule has 2 aliphatic rings. The summed E-state index contributed by atoms with van der Waals surface area (Å²) in [5.74, 6) is -1.26. The van der Waals surface area contributed by atoms with Gasteiger partial charge in [0.05, 0.1) is 11.4 Å². The summed E-state index contributed by atoms with van der Waals surface area (Å²) in [5.41, 5.74) is -1.07. The molecule has 0 saturated carbocycles. The number of amides is 2. The summed E-state index contributed by atoms with van der Waals surface area (Å²) >= 11 is 0. The molecule has 6 heteroatoms. The summed E-state index contributed by atoms with van der Waals surface area (Å²) in [7, 11) is 0. The number of carbonyl (C=O) groups is 2. The molecule has 1 N–H and O–H groups in total. The molecule has 6 nitrogen and oxygen atoms in total. The van der Waals surface area contributed by atoms with E-state index in [1.165, 1.54) is 10.0 Å². The zero-order valence-corrected chi connectivity index (χ0v) is 13.7. The third-order valence-electron chi connectivity index (χ3n) is 4.75. The molecule has 2 fully saturated rings. The Labute approximate surface area is 145 Å². The lowest BCUT2D eigenvalue weighted by Gasteiger charge is -2.28. The van der Waals surface area contributed by atoms with E-state index in [1.807, 2.05) is 12.1 Å². The molecule has 2 aromatic carbocycles. The molecule has 2 aliphatic heterocycles. The molecule has 0 atom stereocenters. The van der Waals surface area contributed by atoms with E-state index in [9.17, 15) is 14.7 Å². The van der Waals surface area contributed by atoms with Crippen molar-refractivity contribution < 1.29 is 14.7 Å². The summed E-state index contributed by atoms with van der Waals surface area (Å²) in [6, 6.07) is 17.8. The molecule has 0 aliphatic carbocycles. The lowest BCUT2D eigenvalue weighted by atomic mass is 10.1. The Kier molecular flexibility index (Phi) is 3.78. The number of aliphatic hydroxyl groups is 1. The van der Waals surface area contributed by atoms with Crippen molar-refractivity contribution in [1.82, 2.24) is 4.90 Å². The zero-order valence-electron chi connectivity index (χ0n) is 13.7. The number of rotatable bonds is 3. The minimum Gasteiger partial charge on any atom is -0.360 e. The number of para-hydroxylation sites is 2. The monoisotopic (exact) mass is 337 g/mol. The molecule has 0 unspecified atom stereocenters. The van der Waals surface area contributed by atoms with Crippen LogP contribution in [0.2, 0.25) is 0 Å². The molecule has 128 valence electrons. The Hall–Kier alpha value is -2.70. The van der Waals surface area contributed by atoms with Gasteiger partial charge in [-0.1, -0.05) is 36.4 Å². The molecule has 2 heterocycles. The van der Waals surface area contributed by atoms with E-state index in [4.69, 9.17) is 0 Å². The van der Waals surface area contributed by atoms with E-state index in [2.05, 4.69) is 0 Å². The molecule has 25 heavy (non-hydrogen) atoms. The topological polar surface area (TPSA) is 64.1 Å². The van der Waals surface area contributed by atoms with Gasteiger partial charge in [0.25, 0.3) is 5.72 Å². The van der Waals surface area contributed by atoms with Crippen LogP contribution in [0.15, 0.2) is 60.7 Å². The zero-order chi connectivity index (χ0) is 17.4. The van der Waals surface area contributed by atoms with Crippen LogP contribution in [-0.4, -0.2) is 40.6 Å². The lowest BCUT2D eigenvalue weighted by Crippen LogP contribution is -2.57. The van der Waals surface area contributed by atoms with Gasteiger partial charge in [0.1, 0.15) is 0 Å². The van der Waals surface area contributed by atoms with Gasteiger partial charge in [0, 0.05) is 13.1 Å². The van der Waals surface area contributed by atoms with E-state index < -0.39 is 17.5 Å². The second-order valence-corrected chi connectivity index (χ2v) is 6.27. The maximum absolute atomic E-state index is 13.2. The van der Waals surface area contributed by atoms with Crippen molar-refractivity contribution in [1.29, 1.82) is 0 Å². The second-order valence-electron chi connectivity index (χ2n) is 6.27. The average Bonchev–Trinajstić information content (AvgIpc) is 3.26. The van der Waals surface area contributed by atoms with Crippen LogP contribution in [0.5, 0.6) is 0 Å². The van der Waals surface area contributed by atoms with Gasteiger partial charge in [0.2, 0.25) is 0 Å². The predicted molar refractivity (Wildman–Crippen MR) is 93.6 cm³/mol. The third-order valence-corrected chi connectivity index (χ3v) is 4.75. The first-order valence-corrected chi connectivity index (χ1v) is 8.40. The minimum atomic E-state index is -2.15. The van der Waals surface area contributed by atoms with Crippen LogP contribution in [-0.2, 0) is 9.59 Å². The molecular formula is C19H19N3O3. The molecule has 2 saturated heterocycles. The van der Waals surface area contributed by atoms with E-state index in [1.54, 1.807) is 53.4 Å². The van der Waals surface area contributed by atoms with Gasteiger partial charge in [-0.2, -0.15) is 0 Å². The predicted octanol–water partition coefficient (Wildman–Crippen LogP) is 1.77. The highest BCUT2D eigenvalue weighted by atomic mass is 16.4. The van der Waals surface area contributed by atoms with Crippen molar-refractivity contribution in [2.75, 3.05) is 23.1 Å². The Morgan fingerprint density at radius 2 is 1.12 bits per heavy atom. The minimum absolute atomic E-state index is 0.527. The van der Waals surface area contributed by atoms with Crippen molar-refractivity contribution >= 4 is 23.2 Å². The maximum atomic E-state index is 13.2. The van der Waals surface area contributed by atoms with E-state index in [0.29, 0.717) is 24.5 Å². The number of hydrogen-bond donors (Lipinski definition) is 1.